The van der Waals surface area contributed by atoms with Crippen molar-refractivity contribution in [3.05, 3.63) is 70.8 Å². The second kappa shape index (κ2) is 10.9. The van der Waals surface area contributed by atoms with Gasteiger partial charge in [0.15, 0.2) is 0 Å². The van der Waals surface area contributed by atoms with Gasteiger partial charge < -0.3 is 19.1 Å². The van der Waals surface area contributed by atoms with Crippen LogP contribution in [0, 0.1) is 0 Å². The highest BCUT2D eigenvalue weighted by Crippen LogP contribution is 2.33. The molecule has 5 rings (SSSR count). The first-order valence-corrected chi connectivity index (χ1v) is 13.6. The van der Waals surface area contributed by atoms with Crippen molar-refractivity contribution in [1.82, 2.24) is 14.7 Å². The summed E-state index contributed by atoms with van der Waals surface area (Å²) in [5.41, 5.74) is 2.78. The van der Waals surface area contributed by atoms with E-state index in [9.17, 15) is 14.4 Å². The van der Waals surface area contributed by atoms with Crippen molar-refractivity contribution in [1.29, 1.82) is 0 Å². The van der Waals surface area contributed by atoms with Gasteiger partial charge in [0.25, 0.3) is 0 Å². The Balaban J connectivity index is 1.33. The number of fused-ring (bicyclic) bond motifs is 2. The van der Waals surface area contributed by atoms with Gasteiger partial charge in [-0.3, -0.25) is 9.80 Å². The quantitative estimate of drug-likeness (QED) is 0.425. The maximum atomic E-state index is 13.4. The van der Waals surface area contributed by atoms with Gasteiger partial charge in [0.2, 0.25) is 0 Å². The first-order valence-electron chi connectivity index (χ1n) is 13.6. The molecule has 0 saturated carbocycles. The fraction of sp³-hybridized carbons (Fsp3) is 0.500. The Kier molecular flexibility index (Phi) is 7.53. The maximum Gasteiger partial charge on any atom is 0.410 e. The number of carbonyl (C=O) groups is 3. The van der Waals surface area contributed by atoms with E-state index in [0.717, 1.165) is 16.7 Å². The van der Waals surface area contributed by atoms with Gasteiger partial charge in [-0.1, -0.05) is 42.5 Å². The van der Waals surface area contributed by atoms with E-state index >= 15 is 0 Å². The predicted octanol–water partition coefficient (Wildman–Crippen LogP) is 4.40. The Morgan fingerprint density at radius 2 is 1.77 bits per heavy atom. The lowest BCUT2D eigenvalue weighted by atomic mass is 9.92. The normalized spacial score (nSPS) is 23.4. The average Bonchev–Trinajstić information content (AvgIpc) is 2.89. The molecular weight excluding hydrogens is 498 g/mol. The molecule has 0 spiro atoms. The molecule has 0 radical (unpaired) electrons. The van der Waals surface area contributed by atoms with E-state index in [1.807, 2.05) is 70.2 Å². The van der Waals surface area contributed by atoms with Crippen molar-refractivity contribution in [2.75, 3.05) is 32.7 Å². The van der Waals surface area contributed by atoms with Crippen molar-refractivity contribution >= 4 is 18.2 Å². The molecule has 0 aliphatic carbocycles. The number of cyclic esters (lactones) is 1. The molecular formula is C30H37N3O6. The molecule has 2 aromatic carbocycles. The van der Waals surface area contributed by atoms with Crippen LogP contribution >= 0.6 is 0 Å². The SMILES string of the molecule is CC1Cc2cc([C@@H]3CN4CCN(C(=O)OCc5ccccc5)C[C@H]4CN3C(=O)OC(C)(C)C)ccc2C(=O)O1. The number of carbonyl (C=O) groups excluding carboxylic acids is 3. The van der Waals surface area contributed by atoms with Gasteiger partial charge in [-0.05, 0) is 50.5 Å². The van der Waals surface area contributed by atoms with Crippen LogP contribution in [0.15, 0.2) is 48.5 Å². The lowest BCUT2D eigenvalue weighted by molar-refractivity contribution is -0.0363. The van der Waals surface area contributed by atoms with E-state index in [2.05, 4.69) is 4.90 Å². The molecule has 2 saturated heterocycles. The monoisotopic (exact) mass is 535 g/mol. The summed E-state index contributed by atoms with van der Waals surface area (Å²) in [6.07, 6.45) is -0.283. The van der Waals surface area contributed by atoms with E-state index in [-0.39, 0.29) is 43.0 Å². The van der Waals surface area contributed by atoms with E-state index in [1.165, 1.54) is 0 Å². The summed E-state index contributed by atoms with van der Waals surface area (Å²) >= 11 is 0. The number of nitrogens with zero attached hydrogens (tertiary/aromatic N) is 3. The van der Waals surface area contributed by atoms with Crippen LogP contribution in [-0.2, 0) is 27.2 Å². The van der Waals surface area contributed by atoms with Crippen molar-refractivity contribution in [3.8, 4) is 0 Å². The number of hydrogen-bond acceptors (Lipinski definition) is 7. The standard InChI is InChI=1S/C30H37N3O6/c1-20-14-23-15-22(10-11-25(23)27(34)38-20)26-18-31-12-13-32(28(35)37-19-21-8-6-5-7-9-21)16-24(31)17-33(26)29(36)39-30(2,3)4/h5-11,15,20,24,26H,12-14,16-19H2,1-4H3/t20?,24-,26-/m0/s1. The summed E-state index contributed by atoms with van der Waals surface area (Å²) in [6.45, 7) is 10.4. The van der Waals surface area contributed by atoms with Crippen molar-refractivity contribution in [2.24, 2.45) is 0 Å². The lowest BCUT2D eigenvalue weighted by Gasteiger charge is -2.50. The van der Waals surface area contributed by atoms with Gasteiger partial charge in [-0.2, -0.15) is 0 Å². The molecule has 39 heavy (non-hydrogen) atoms. The van der Waals surface area contributed by atoms with Crippen LogP contribution in [0.5, 0.6) is 0 Å². The van der Waals surface area contributed by atoms with Crippen LogP contribution in [0.4, 0.5) is 9.59 Å². The minimum absolute atomic E-state index is 0.0422. The highest BCUT2D eigenvalue weighted by molar-refractivity contribution is 5.92. The summed E-state index contributed by atoms with van der Waals surface area (Å²) < 4.78 is 16.8. The number of piperazine rings is 2. The van der Waals surface area contributed by atoms with E-state index in [1.54, 1.807) is 15.9 Å². The van der Waals surface area contributed by atoms with Gasteiger partial charge in [0.1, 0.15) is 18.3 Å². The Morgan fingerprint density at radius 1 is 1.00 bits per heavy atom. The molecule has 9 nitrogen and oxygen atoms in total. The minimum atomic E-state index is -0.645. The maximum absolute atomic E-state index is 13.4. The van der Waals surface area contributed by atoms with Crippen LogP contribution in [0.1, 0.15) is 60.8 Å². The highest BCUT2D eigenvalue weighted by Gasteiger charge is 2.42. The van der Waals surface area contributed by atoms with Gasteiger partial charge in [-0.25, -0.2) is 14.4 Å². The number of benzene rings is 2. The third-order valence-electron chi connectivity index (χ3n) is 7.44. The van der Waals surface area contributed by atoms with E-state index < -0.39 is 5.60 Å². The van der Waals surface area contributed by atoms with E-state index in [0.29, 0.717) is 44.7 Å². The van der Waals surface area contributed by atoms with Gasteiger partial charge in [-0.15, -0.1) is 0 Å². The van der Waals surface area contributed by atoms with Crippen molar-refractivity contribution < 1.29 is 28.6 Å². The van der Waals surface area contributed by atoms with Crippen molar-refractivity contribution in [2.45, 2.75) is 64.5 Å². The molecule has 9 heteroatoms. The number of hydrogen-bond donors (Lipinski definition) is 0. The summed E-state index contributed by atoms with van der Waals surface area (Å²) in [4.78, 5) is 44.5. The zero-order chi connectivity index (χ0) is 27.7. The number of ether oxygens (including phenoxy) is 3. The molecule has 0 aromatic heterocycles. The molecule has 208 valence electrons. The molecule has 1 unspecified atom stereocenters. The first-order chi connectivity index (χ1) is 18.6. The fourth-order valence-electron chi connectivity index (χ4n) is 5.55. The lowest BCUT2D eigenvalue weighted by Crippen LogP contribution is -2.64. The van der Waals surface area contributed by atoms with Gasteiger partial charge in [0.05, 0.1) is 11.6 Å². The smallest absolute Gasteiger partial charge is 0.410 e. The minimum Gasteiger partial charge on any atom is -0.459 e. The average molecular weight is 536 g/mol. The topological polar surface area (TPSA) is 88.6 Å². The largest absolute Gasteiger partial charge is 0.459 e. The second-order valence-electron chi connectivity index (χ2n) is 11.6. The van der Waals surface area contributed by atoms with Crippen LogP contribution in [0.2, 0.25) is 0 Å². The molecule has 3 heterocycles. The van der Waals surface area contributed by atoms with Gasteiger partial charge >= 0.3 is 18.2 Å². The molecule has 2 amide bonds. The summed E-state index contributed by atoms with van der Waals surface area (Å²) in [5.74, 6) is -0.307. The van der Waals surface area contributed by atoms with E-state index in [4.69, 9.17) is 14.2 Å². The van der Waals surface area contributed by atoms with Crippen LogP contribution < -0.4 is 0 Å². The summed E-state index contributed by atoms with van der Waals surface area (Å²) in [6, 6.07) is 15.1. The Labute approximate surface area is 229 Å². The van der Waals surface area contributed by atoms with Gasteiger partial charge in [0, 0.05) is 45.2 Å². The third kappa shape index (κ3) is 6.19. The summed E-state index contributed by atoms with van der Waals surface area (Å²) in [5, 5.41) is 0. The highest BCUT2D eigenvalue weighted by atomic mass is 16.6. The van der Waals surface area contributed by atoms with Crippen LogP contribution in [0.3, 0.4) is 0 Å². The molecule has 3 aliphatic heterocycles. The molecule has 0 bridgehead atoms. The molecule has 0 N–H and O–H groups in total. The number of amides is 2. The predicted molar refractivity (Wildman–Crippen MR) is 144 cm³/mol. The Morgan fingerprint density at radius 3 is 2.51 bits per heavy atom. The first kappa shape index (κ1) is 27.0. The number of rotatable bonds is 3. The molecule has 2 aromatic rings. The number of esters is 1. The zero-order valence-corrected chi connectivity index (χ0v) is 23.1. The van der Waals surface area contributed by atoms with Crippen LogP contribution in [0.25, 0.3) is 0 Å². The molecule has 3 aliphatic rings. The van der Waals surface area contributed by atoms with Crippen LogP contribution in [-0.4, -0.2) is 83.3 Å². The van der Waals surface area contributed by atoms with Crippen molar-refractivity contribution in [3.63, 3.8) is 0 Å². The third-order valence-corrected chi connectivity index (χ3v) is 7.44. The molecule has 2 fully saturated rings. The Bertz CT molecular complexity index is 1230. The fourth-order valence-corrected chi connectivity index (χ4v) is 5.55. The second-order valence-corrected chi connectivity index (χ2v) is 11.6. The summed E-state index contributed by atoms with van der Waals surface area (Å²) in [7, 11) is 0. The Hall–Kier alpha value is -3.59. The molecule has 3 atom stereocenters. The zero-order valence-electron chi connectivity index (χ0n) is 23.1.